The molecule has 2 aliphatic carbocycles. The molecule has 2 aliphatic rings. The summed E-state index contributed by atoms with van der Waals surface area (Å²) in [6.45, 7) is 2.17. The van der Waals surface area contributed by atoms with E-state index in [1.54, 1.807) is 0 Å². The van der Waals surface area contributed by atoms with Crippen molar-refractivity contribution in [3.63, 3.8) is 0 Å². The minimum atomic E-state index is 0.223. The second kappa shape index (κ2) is 3.29. The summed E-state index contributed by atoms with van der Waals surface area (Å²) in [5.41, 5.74) is 5.63. The van der Waals surface area contributed by atoms with Gasteiger partial charge in [-0.2, -0.15) is 0 Å². The van der Waals surface area contributed by atoms with Crippen molar-refractivity contribution in [1.82, 2.24) is 5.32 Å². The standard InChI is InChI=1S/C10H18N2O/c1-6-3-2-4-7(6)10(13)12-9-5-8(9)11/h6-9H,2-5,11H2,1H3,(H,12,13). The molecule has 2 saturated carbocycles. The minimum Gasteiger partial charge on any atom is -0.352 e. The number of carbonyl (C=O) groups is 1. The number of rotatable bonds is 2. The van der Waals surface area contributed by atoms with Crippen LogP contribution in [0.4, 0.5) is 0 Å². The largest absolute Gasteiger partial charge is 0.352 e. The van der Waals surface area contributed by atoms with Crippen LogP contribution in [0, 0.1) is 11.8 Å². The highest BCUT2D eigenvalue weighted by Gasteiger charge is 2.38. The van der Waals surface area contributed by atoms with Gasteiger partial charge in [-0.3, -0.25) is 4.79 Å². The monoisotopic (exact) mass is 182 g/mol. The van der Waals surface area contributed by atoms with Crippen molar-refractivity contribution in [2.45, 2.75) is 44.7 Å². The molecule has 0 aromatic heterocycles. The Labute approximate surface area is 79.1 Å². The van der Waals surface area contributed by atoms with Crippen LogP contribution in [0.1, 0.15) is 32.6 Å². The maximum Gasteiger partial charge on any atom is 0.223 e. The van der Waals surface area contributed by atoms with Gasteiger partial charge in [0.25, 0.3) is 0 Å². The summed E-state index contributed by atoms with van der Waals surface area (Å²) >= 11 is 0. The third-order valence-corrected chi connectivity index (χ3v) is 3.37. The van der Waals surface area contributed by atoms with Gasteiger partial charge in [0.15, 0.2) is 0 Å². The number of hydrogen-bond acceptors (Lipinski definition) is 2. The van der Waals surface area contributed by atoms with Gasteiger partial charge in [-0.05, 0) is 25.2 Å². The molecule has 3 nitrogen and oxygen atoms in total. The summed E-state index contributed by atoms with van der Waals surface area (Å²) in [6, 6.07) is 0.501. The fourth-order valence-electron chi connectivity index (χ4n) is 2.21. The van der Waals surface area contributed by atoms with Crippen molar-refractivity contribution in [3.05, 3.63) is 0 Å². The maximum absolute atomic E-state index is 11.7. The Hall–Kier alpha value is -0.570. The first-order valence-corrected chi connectivity index (χ1v) is 5.24. The lowest BCUT2D eigenvalue weighted by atomic mass is 9.97. The summed E-state index contributed by atoms with van der Waals surface area (Å²) < 4.78 is 0. The van der Waals surface area contributed by atoms with Gasteiger partial charge in [0.05, 0.1) is 0 Å². The third-order valence-electron chi connectivity index (χ3n) is 3.37. The second-order valence-corrected chi connectivity index (χ2v) is 4.53. The fraction of sp³-hybridized carbons (Fsp3) is 0.900. The van der Waals surface area contributed by atoms with Gasteiger partial charge in [-0.1, -0.05) is 13.3 Å². The van der Waals surface area contributed by atoms with Gasteiger partial charge in [0.2, 0.25) is 5.91 Å². The third kappa shape index (κ3) is 1.85. The van der Waals surface area contributed by atoms with Gasteiger partial charge in [-0.25, -0.2) is 0 Å². The quantitative estimate of drug-likeness (QED) is 0.658. The van der Waals surface area contributed by atoms with Gasteiger partial charge < -0.3 is 11.1 Å². The highest BCUT2D eigenvalue weighted by Crippen LogP contribution is 2.32. The zero-order chi connectivity index (χ0) is 9.42. The van der Waals surface area contributed by atoms with E-state index in [1.165, 1.54) is 12.8 Å². The van der Waals surface area contributed by atoms with Gasteiger partial charge in [0, 0.05) is 18.0 Å². The van der Waals surface area contributed by atoms with Crippen LogP contribution in [0.5, 0.6) is 0 Å². The Morgan fingerprint density at radius 1 is 1.46 bits per heavy atom. The first kappa shape index (κ1) is 9.00. The van der Waals surface area contributed by atoms with Gasteiger partial charge >= 0.3 is 0 Å². The lowest BCUT2D eigenvalue weighted by molar-refractivity contribution is -0.126. The van der Waals surface area contributed by atoms with Crippen LogP contribution in [-0.2, 0) is 4.79 Å². The summed E-state index contributed by atoms with van der Waals surface area (Å²) in [7, 11) is 0. The van der Waals surface area contributed by atoms with E-state index in [2.05, 4.69) is 12.2 Å². The number of nitrogens with one attached hydrogen (secondary N) is 1. The lowest BCUT2D eigenvalue weighted by Gasteiger charge is -2.14. The molecular weight excluding hydrogens is 164 g/mol. The first-order valence-electron chi connectivity index (χ1n) is 5.24. The van der Waals surface area contributed by atoms with E-state index in [0.717, 1.165) is 12.8 Å². The Kier molecular flexibility index (Phi) is 2.28. The molecule has 13 heavy (non-hydrogen) atoms. The fourth-order valence-corrected chi connectivity index (χ4v) is 2.21. The molecule has 0 aromatic carbocycles. The summed E-state index contributed by atoms with van der Waals surface area (Å²) in [5, 5.41) is 3.01. The van der Waals surface area contributed by atoms with Crippen molar-refractivity contribution < 1.29 is 4.79 Å². The molecule has 0 spiro atoms. The van der Waals surface area contributed by atoms with Gasteiger partial charge in [0.1, 0.15) is 0 Å². The molecule has 74 valence electrons. The smallest absolute Gasteiger partial charge is 0.223 e. The highest BCUT2D eigenvalue weighted by molar-refractivity contribution is 5.80. The van der Waals surface area contributed by atoms with Crippen LogP contribution in [0.2, 0.25) is 0 Å². The Balaban J connectivity index is 1.82. The maximum atomic E-state index is 11.7. The molecule has 3 N–H and O–H groups in total. The van der Waals surface area contributed by atoms with E-state index in [0.29, 0.717) is 5.92 Å². The molecule has 0 bridgehead atoms. The normalized spacial score (nSPS) is 43.2. The molecule has 4 atom stereocenters. The van der Waals surface area contributed by atoms with Crippen LogP contribution in [0.15, 0.2) is 0 Å². The molecule has 0 aliphatic heterocycles. The number of amides is 1. The zero-order valence-corrected chi connectivity index (χ0v) is 8.12. The number of carbonyl (C=O) groups excluding carboxylic acids is 1. The SMILES string of the molecule is CC1CCCC1C(=O)NC1CC1N. The van der Waals surface area contributed by atoms with Crippen LogP contribution in [0.3, 0.4) is 0 Å². The van der Waals surface area contributed by atoms with Crippen LogP contribution in [0.25, 0.3) is 0 Å². The van der Waals surface area contributed by atoms with E-state index in [1.807, 2.05) is 0 Å². The molecule has 0 radical (unpaired) electrons. The van der Waals surface area contributed by atoms with Crippen LogP contribution in [-0.4, -0.2) is 18.0 Å². The number of hydrogen-bond donors (Lipinski definition) is 2. The van der Waals surface area contributed by atoms with Crippen molar-refractivity contribution in [2.24, 2.45) is 17.6 Å². The Morgan fingerprint density at radius 3 is 2.62 bits per heavy atom. The second-order valence-electron chi connectivity index (χ2n) is 4.53. The summed E-state index contributed by atoms with van der Waals surface area (Å²) in [6.07, 6.45) is 4.44. The Bertz CT molecular complexity index is 217. The van der Waals surface area contributed by atoms with E-state index >= 15 is 0 Å². The molecule has 2 fully saturated rings. The summed E-state index contributed by atoms with van der Waals surface area (Å²) in [4.78, 5) is 11.7. The van der Waals surface area contributed by atoms with E-state index in [4.69, 9.17) is 5.73 Å². The van der Waals surface area contributed by atoms with Crippen molar-refractivity contribution in [3.8, 4) is 0 Å². The van der Waals surface area contributed by atoms with E-state index < -0.39 is 0 Å². The Morgan fingerprint density at radius 2 is 2.15 bits per heavy atom. The van der Waals surface area contributed by atoms with E-state index in [-0.39, 0.29) is 23.9 Å². The van der Waals surface area contributed by atoms with Crippen LogP contribution >= 0.6 is 0 Å². The lowest BCUT2D eigenvalue weighted by Crippen LogP contribution is -2.35. The van der Waals surface area contributed by atoms with Crippen LogP contribution < -0.4 is 11.1 Å². The molecule has 0 aromatic rings. The summed E-state index contributed by atoms with van der Waals surface area (Å²) in [5.74, 6) is 1.06. The predicted molar refractivity (Wildman–Crippen MR) is 51.0 cm³/mol. The van der Waals surface area contributed by atoms with Crippen molar-refractivity contribution in [2.75, 3.05) is 0 Å². The topological polar surface area (TPSA) is 55.1 Å². The molecule has 2 rings (SSSR count). The zero-order valence-electron chi connectivity index (χ0n) is 8.12. The molecular formula is C10H18N2O. The molecule has 3 heteroatoms. The average Bonchev–Trinajstić information content (AvgIpc) is 2.62. The molecule has 4 unspecified atom stereocenters. The highest BCUT2D eigenvalue weighted by atomic mass is 16.2. The minimum absolute atomic E-state index is 0.223. The van der Waals surface area contributed by atoms with Crippen molar-refractivity contribution in [1.29, 1.82) is 0 Å². The van der Waals surface area contributed by atoms with E-state index in [9.17, 15) is 4.79 Å². The first-order chi connectivity index (χ1) is 6.18. The van der Waals surface area contributed by atoms with Gasteiger partial charge in [-0.15, -0.1) is 0 Å². The molecule has 1 amide bonds. The number of nitrogens with two attached hydrogens (primary N) is 1. The predicted octanol–water partition coefficient (Wildman–Crippen LogP) is 0.638. The molecule has 0 heterocycles. The average molecular weight is 182 g/mol. The molecule has 0 saturated heterocycles. The van der Waals surface area contributed by atoms with Crippen molar-refractivity contribution >= 4 is 5.91 Å².